The van der Waals surface area contributed by atoms with Gasteiger partial charge >= 0.3 is 0 Å². The first-order valence-electron chi connectivity index (χ1n) is 6.18. The minimum atomic E-state index is -0.249. The summed E-state index contributed by atoms with van der Waals surface area (Å²) in [7, 11) is 0. The molecule has 0 fully saturated rings. The molecule has 0 aliphatic heterocycles. The highest BCUT2D eigenvalue weighted by Crippen LogP contribution is 2.02. The molecular formula is C15H15FN2OS. The SMILES string of the molecule is Fc1ccc(CNC(=S)NOCc2ccccc2)cc1. The summed E-state index contributed by atoms with van der Waals surface area (Å²) in [6, 6.07) is 16.0. The van der Waals surface area contributed by atoms with Crippen LogP contribution in [0.2, 0.25) is 0 Å². The minimum absolute atomic E-state index is 0.249. The number of halogens is 1. The van der Waals surface area contributed by atoms with Gasteiger partial charge in [-0.3, -0.25) is 4.84 Å². The van der Waals surface area contributed by atoms with E-state index >= 15 is 0 Å². The van der Waals surface area contributed by atoms with Crippen LogP contribution in [0.25, 0.3) is 0 Å². The lowest BCUT2D eigenvalue weighted by Gasteiger charge is -2.10. The van der Waals surface area contributed by atoms with Crippen LogP contribution in [0.1, 0.15) is 11.1 Å². The Morgan fingerprint density at radius 1 is 1.00 bits per heavy atom. The van der Waals surface area contributed by atoms with Crippen LogP contribution >= 0.6 is 12.2 Å². The number of hydrogen-bond donors (Lipinski definition) is 2. The summed E-state index contributed by atoms with van der Waals surface area (Å²) in [4.78, 5) is 5.28. The van der Waals surface area contributed by atoms with Crippen molar-refractivity contribution in [1.29, 1.82) is 0 Å². The molecule has 0 radical (unpaired) electrons. The van der Waals surface area contributed by atoms with Gasteiger partial charge in [0.05, 0.1) is 6.61 Å². The van der Waals surface area contributed by atoms with Gasteiger partial charge in [-0.1, -0.05) is 42.5 Å². The molecule has 2 rings (SSSR count). The number of hydroxylamine groups is 1. The zero-order valence-corrected chi connectivity index (χ0v) is 11.6. The van der Waals surface area contributed by atoms with Crippen molar-refractivity contribution in [3.8, 4) is 0 Å². The first-order valence-corrected chi connectivity index (χ1v) is 6.59. The molecule has 104 valence electrons. The summed E-state index contributed by atoms with van der Waals surface area (Å²) in [6.07, 6.45) is 0. The molecule has 5 heteroatoms. The Labute approximate surface area is 122 Å². The molecule has 0 saturated heterocycles. The predicted molar refractivity (Wildman–Crippen MR) is 80.2 cm³/mol. The monoisotopic (exact) mass is 290 g/mol. The van der Waals surface area contributed by atoms with Crippen LogP contribution in [0.15, 0.2) is 54.6 Å². The molecular weight excluding hydrogens is 275 g/mol. The normalized spacial score (nSPS) is 10.1. The van der Waals surface area contributed by atoms with E-state index in [4.69, 9.17) is 17.1 Å². The second kappa shape index (κ2) is 7.57. The van der Waals surface area contributed by atoms with Gasteiger partial charge in [-0.2, -0.15) is 0 Å². The van der Waals surface area contributed by atoms with Gasteiger partial charge < -0.3 is 5.32 Å². The van der Waals surface area contributed by atoms with E-state index in [1.54, 1.807) is 12.1 Å². The molecule has 0 amide bonds. The highest BCUT2D eigenvalue weighted by molar-refractivity contribution is 7.80. The van der Waals surface area contributed by atoms with E-state index < -0.39 is 0 Å². The van der Waals surface area contributed by atoms with Crippen molar-refractivity contribution in [1.82, 2.24) is 10.8 Å². The standard InChI is InChI=1S/C15H15FN2OS/c16-14-8-6-12(7-9-14)10-17-15(20)18-19-11-13-4-2-1-3-5-13/h1-9H,10-11H2,(H2,17,18,20). The van der Waals surface area contributed by atoms with Crippen LogP contribution in [0.5, 0.6) is 0 Å². The smallest absolute Gasteiger partial charge is 0.190 e. The Hall–Kier alpha value is -1.98. The summed E-state index contributed by atoms with van der Waals surface area (Å²) in [5.74, 6) is -0.249. The molecule has 2 N–H and O–H groups in total. The van der Waals surface area contributed by atoms with Crippen molar-refractivity contribution in [2.24, 2.45) is 0 Å². The van der Waals surface area contributed by atoms with E-state index in [1.807, 2.05) is 30.3 Å². The maximum atomic E-state index is 12.7. The van der Waals surface area contributed by atoms with Gasteiger partial charge in [-0.05, 0) is 35.5 Å². The van der Waals surface area contributed by atoms with Gasteiger partial charge in [0.25, 0.3) is 0 Å². The molecule has 0 saturated carbocycles. The molecule has 0 unspecified atom stereocenters. The lowest BCUT2D eigenvalue weighted by molar-refractivity contribution is 0.0705. The van der Waals surface area contributed by atoms with Crippen molar-refractivity contribution < 1.29 is 9.23 Å². The topological polar surface area (TPSA) is 33.3 Å². The Morgan fingerprint density at radius 3 is 2.40 bits per heavy atom. The van der Waals surface area contributed by atoms with Gasteiger partial charge in [0, 0.05) is 6.54 Å². The fourth-order valence-electron chi connectivity index (χ4n) is 1.58. The third-order valence-electron chi connectivity index (χ3n) is 2.61. The Morgan fingerprint density at radius 2 is 1.70 bits per heavy atom. The third kappa shape index (κ3) is 4.95. The lowest BCUT2D eigenvalue weighted by atomic mass is 10.2. The summed E-state index contributed by atoms with van der Waals surface area (Å²) in [5.41, 5.74) is 4.66. The number of hydrogen-bond acceptors (Lipinski definition) is 2. The molecule has 20 heavy (non-hydrogen) atoms. The van der Waals surface area contributed by atoms with Gasteiger partial charge in [-0.25, -0.2) is 9.87 Å². The molecule has 0 aliphatic rings. The number of nitrogens with one attached hydrogen (secondary N) is 2. The lowest BCUT2D eigenvalue weighted by Crippen LogP contribution is -2.34. The van der Waals surface area contributed by atoms with Crippen LogP contribution < -0.4 is 10.8 Å². The second-order valence-corrected chi connectivity index (χ2v) is 4.59. The highest BCUT2D eigenvalue weighted by Gasteiger charge is 1.98. The quantitative estimate of drug-likeness (QED) is 0.655. The second-order valence-electron chi connectivity index (χ2n) is 4.19. The minimum Gasteiger partial charge on any atom is -0.357 e. The molecule has 0 aliphatic carbocycles. The number of benzene rings is 2. The largest absolute Gasteiger partial charge is 0.357 e. The first-order chi connectivity index (χ1) is 9.74. The van der Waals surface area contributed by atoms with Gasteiger partial charge in [-0.15, -0.1) is 0 Å². The van der Waals surface area contributed by atoms with Crippen LogP contribution in [-0.2, 0) is 18.0 Å². The van der Waals surface area contributed by atoms with E-state index in [2.05, 4.69) is 10.8 Å². The van der Waals surface area contributed by atoms with Gasteiger partial charge in [0.15, 0.2) is 5.11 Å². The average Bonchev–Trinajstić information content (AvgIpc) is 2.48. The Balaban J connectivity index is 1.67. The fraction of sp³-hybridized carbons (Fsp3) is 0.133. The summed E-state index contributed by atoms with van der Waals surface area (Å²) < 4.78 is 12.7. The molecule has 0 spiro atoms. The van der Waals surface area contributed by atoms with E-state index in [0.29, 0.717) is 18.3 Å². The van der Waals surface area contributed by atoms with Crippen molar-refractivity contribution in [3.05, 3.63) is 71.5 Å². The van der Waals surface area contributed by atoms with Crippen molar-refractivity contribution >= 4 is 17.3 Å². The van der Waals surface area contributed by atoms with Crippen molar-refractivity contribution in [2.75, 3.05) is 0 Å². The summed E-state index contributed by atoms with van der Waals surface area (Å²) >= 11 is 5.07. The first kappa shape index (κ1) is 14.4. The maximum absolute atomic E-state index is 12.7. The highest BCUT2D eigenvalue weighted by atomic mass is 32.1. The van der Waals surface area contributed by atoms with Crippen LogP contribution in [0, 0.1) is 5.82 Å². The predicted octanol–water partition coefficient (Wildman–Crippen LogP) is 2.92. The molecule has 0 heterocycles. The van der Waals surface area contributed by atoms with Gasteiger partial charge in [0.1, 0.15) is 5.82 Å². The summed E-state index contributed by atoms with van der Waals surface area (Å²) in [5, 5.41) is 3.37. The number of thiocarbonyl (C=S) groups is 1. The van der Waals surface area contributed by atoms with Crippen LogP contribution in [0.4, 0.5) is 4.39 Å². The van der Waals surface area contributed by atoms with E-state index in [-0.39, 0.29) is 5.82 Å². The van der Waals surface area contributed by atoms with E-state index in [0.717, 1.165) is 11.1 Å². The maximum Gasteiger partial charge on any atom is 0.190 e. The van der Waals surface area contributed by atoms with Gasteiger partial charge in [0.2, 0.25) is 0 Å². The molecule has 0 aromatic heterocycles. The third-order valence-corrected chi connectivity index (χ3v) is 2.84. The van der Waals surface area contributed by atoms with Crippen LogP contribution in [0.3, 0.4) is 0 Å². The molecule has 0 atom stereocenters. The fourth-order valence-corrected chi connectivity index (χ4v) is 1.71. The Kier molecular flexibility index (Phi) is 5.46. The van der Waals surface area contributed by atoms with Crippen molar-refractivity contribution in [3.63, 3.8) is 0 Å². The van der Waals surface area contributed by atoms with Crippen molar-refractivity contribution in [2.45, 2.75) is 13.2 Å². The molecule has 0 bridgehead atoms. The molecule has 3 nitrogen and oxygen atoms in total. The van der Waals surface area contributed by atoms with E-state index in [1.165, 1.54) is 12.1 Å². The zero-order chi connectivity index (χ0) is 14.2. The molecule has 2 aromatic carbocycles. The van der Waals surface area contributed by atoms with E-state index in [9.17, 15) is 4.39 Å². The summed E-state index contributed by atoms with van der Waals surface area (Å²) in [6.45, 7) is 0.944. The number of rotatable bonds is 5. The molecule has 2 aromatic rings. The Bertz CT molecular complexity index is 546. The zero-order valence-electron chi connectivity index (χ0n) is 10.8. The van der Waals surface area contributed by atoms with Crippen LogP contribution in [-0.4, -0.2) is 5.11 Å². The average molecular weight is 290 g/mol.